The average Bonchev–Trinajstić information content (AvgIpc) is 2.97. The normalized spacial score (nSPS) is 15.5. The molecule has 6 nitrogen and oxygen atoms in total. The lowest BCUT2D eigenvalue weighted by atomic mass is 10.3. The quantitative estimate of drug-likeness (QED) is 0.720. The van der Waals surface area contributed by atoms with Gasteiger partial charge >= 0.3 is 0 Å². The number of nitrogens with one attached hydrogen (secondary N) is 3. The first kappa shape index (κ1) is 14.7. The molecule has 1 aliphatic rings. The van der Waals surface area contributed by atoms with Crippen molar-refractivity contribution < 1.29 is 8.42 Å². The van der Waals surface area contributed by atoms with Crippen molar-refractivity contribution in [3.05, 3.63) is 33.8 Å². The zero-order valence-corrected chi connectivity index (χ0v) is 13.4. The van der Waals surface area contributed by atoms with E-state index in [1.165, 1.54) is 0 Å². The summed E-state index contributed by atoms with van der Waals surface area (Å²) in [6.07, 6.45) is 2.31. The zero-order chi connectivity index (χ0) is 14.9. The molecule has 0 aromatic carbocycles. The van der Waals surface area contributed by atoms with Gasteiger partial charge < -0.3 is 5.32 Å². The fourth-order valence-electron chi connectivity index (χ4n) is 2.12. The predicted octanol–water partition coefficient (Wildman–Crippen LogP) is 1.51. The summed E-state index contributed by atoms with van der Waals surface area (Å²) in [7, 11) is -3.56. The summed E-state index contributed by atoms with van der Waals surface area (Å²) in [5.41, 5.74) is 2.08. The van der Waals surface area contributed by atoms with Crippen LogP contribution in [0.15, 0.2) is 21.7 Å². The van der Waals surface area contributed by atoms with E-state index < -0.39 is 10.0 Å². The number of thiophene rings is 1. The molecule has 3 N–H and O–H groups in total. The van der Waals surface area contributed by atoms with Gasteiger partial charge in [0.25, 0.3) is 0 Å². The van der Waals surface area contributed by atoms with Crippen molar-refractivity contribution in [3.63, 3.8) is 0 Å². The molecule has 2 aromatic heterocycles. The molecule has 0 atom stereocenters. The fraction of sp³-hybridized carbons (Fsp3) is 0.462. The Kier molecular flexibility index (Phi) is 4.12. The number of H-pyrrole nitrogens is 1. The largest absolute Gasteiger partial charge is 0.308 e. The molecule has 21 heavy (non-hydrogen) atoms. The Bertz CT molecular complexity index is 703. The van der Waals surface area contributed by atoms with Crippen LogP contribution >= 0.6 is 11.3 Å². The summed E-state index contributed by atoms with van der Waals surface area (Å²) < 4.78 is 27.6. The van der Waals surface area contributed by atoms with Gasteiger partial charge in [0, 0.05) is 19.1 Å². The molecule has 1 saturated carbocycles. The Hall–Kier alpha value is -1.22. The van der Waals surface area contributed by atoms with E-state index in [-0.39, 0.29) is 4.90 Å². The fourth-order valence-corrected chi connectivity index (χ4v) is 4.16. The molecule has 2 aromatic rings. The number of hydrogen-bond acceptors (Lipinski definition) is 5. The van der Waals surface area contributed by atoms with Gasteiger partial charge in [-0.3, -0.25) is 5.10 Å². The van der Waals surface area contributed by atoms with Crippen molar-refractivity contribution in [2.75, 3.05) is 0 Å². The molecule has 0 saturated heterocycles. The van der Waals surface area contributed by atoms with Gasteiger partial charge in [-0.05, 0) is 42.2 Å². The van der Waals surface area contributed by atoms with Crippen molar-refractivity contribution in [3.8, 4) is 0 Å². The van der Waals surface area contributed by atoms with E-state index in [0.717, 1.165) is 18.4 Å². The maximum atomic E-state index is 12.5. The Balaban J connectivity index is 1.75. The Morgan fingerprint density at radius 1 is 1.43 bits per heavy atom. The van der Waals surface area contributed by atoms with E-state index in [2.05, 4.69) is 20.2 Å². The third-order valence-electron chi connectivity index (χ3n) is 3.41. The van der Waals surface area contributed by atoms with Crippen molar-refractivity contribution in [2.24, 2.45) is 0 Å². The van der Waals surface area contributed by atoms with Gasteiger partial charge in [-0.2, -0.15) is 16.4 Å². The van der Waals surface area contributed by atoms with Gasteiger partial charge in [0.1, 0.15) is 4.90 Å². The van der Waals surface area contributed by atoms with Crippen LogP contribution in [-0.2, 0) is 23.1 Å². The minimum atomic E-state index is -3.56. The summed E-state index contributed by atoms with van der Waals surface area (Å²) >= 11 is 1.55. The van der Waals surface area contributed by atoms with E-state index in [0.29, 0.717) is 30.5 Å². The van der Waals surface area contributed by atoms with Crippen LogP contribution in [-0.4, -0.2) is 24.7 Å². The van der Waals surface area contributed by atoms with Gasteiger partial charge in [-0.1, -0.05) is 0 Å². The van der Waals surface area contributed by atoms with Gasteiger partial charge in [0.2, 0.25) is 10.0 Å². The minimum absolute atomic E-state index is 0.269. The molecule has 0 radical (unpaired) electrons. The second kappa shape index (κ2) is 5.88. The van der Waals surface area contributed by atoms with Gasteiger partial charge in [-0.25, -0.2) is 13.1 Å². The molecule has 1 aliphatic carbocycles. The molecule has 8 heteroatoms. The van der Waals surface area contributed by atoms with Crippen LogP contribution in [0.25, 0.3) is 0 Å². The molecule has 1 fully saturated rings. The highest BCUT2D eigenvalue weighted by molar-refractivity contribution is 7.89. The monoisotopic (exact) mass is 326 g/mol. The minimum Gasteiger partial charge on any atom is -0.308 e. The Morgan fingerprint density at radius 3 is 2.90 bits per heavy atom. The molecule has 0 aliphatic heterocycles. The molecule has 0 bridgehead atoms. The standard InChI is InChI=1S/C13H18N4O2S2/c1-9-13(12(17-16-9)7-14-11-2-3-11)21(18,19)15-6-10-4-5-20-8-10/h4-5,8,11,14-15H,2-3,6-7H2,1H3,(H,16,17). The number of aromatic nitrogens is 2. The third kappa shape index (κ3) is 3.52. The third-order valence-corrected chi connectivity index (χ3v) is 5.75. The Labute approximate surface area is 128 Å². The first-order valence-corrected chi connectivity index (χ1v) is 9.27. The van der Waals surface area contributed by atoms with Crippen molar-refractivity contribution in [1.82, 2.24) is 20.2 Å². The lowest BCUT2D eigenvalue weighted by Gasteiger charge is -2.08. The lowest BCUT2D eigenvalue weighted by molar-refractivity contribution is 0.577. The Morgan fingerprint density at radius 2 is 2.24 bits per heavy atom. The second-order valence-corrected chi connectivity index (χ2v) is 7.72. The van der Waals surface area contributed by atoms with Crippen LogP contribution < -0.4 is 10.0 Å². The SMILES string of the molecule is Cc1[nH]nc(CNC2CC2)c1S(=O)(=O)NCc1ccsc1. The topological polar surface area (TPSA) is 86.9 Å². The van der Waals surface area contributed by atoms with E-state index in [9.17, 15) is 8.42 Å². The van der Waals surface area contributed by atoms with E-state index in [4.69, 9.17) is 0 Å². The van der Waals surface area contributed by atoms with Crippen LogP contribution in [0.5, 0.6) is 0 Å². The molecular formula is C13H18N4O2S2. The first-order chi connectivity index (χ1) is 10.1. The molecule has 0 unspecified atom stereocenters. The maximum Gasteiger partial charge on any atom is 0.244 e. The summed E-state index contributed by atoms with van der Waals surface area (Å²) in [4.78, 5) is 0.269. The lowest BCUT2D eigenvalue weighted by Crippen LogP contribution is -2.26. The summed E-state index contributed by atoms with van der Waals surface area (Å²) in [6.45, 7) is 2.50. The molecule has 0 spiro atoms. The van der Waals surface area contributed by atoms with Crippen LogP contribution in [0.2, 0.25) is 0 Å². The van der Waals surface area contributed by atoms with E-state index in [1.807, 2.05) is 16.8 Å². The van der Waals surface area contributed by atoms with Crippen LogP contribution in [0.3, 0.4) is 0 Å². The maximum absolute atomic E-state index is 12.5. The highest BCUT2D eigenvalue weighted by Gasteiger charge is 2.26. The van der Waals surface area contributed by atoms with Crippen LogP contribution in [0.1, 0.15) is 29.8 Å². The number of hydrogen-bond donors (Lipinski definition) is 3. The second-order valence-electron chi connectivity index (χ2n) is 5.24. The predicted molar refractivity (Wildman–Crippen MR) is 81.5 cm³/mol. The summed E-state index contributed by atoms with van der Waals surface area (Å²) in [5.74, 6) is 0. The number of aromatic amines is 1. The smallest absolute Gasteiger partial charge is 0.244 e. The van der Waals surface area contributed by atoms with E-state index in [1.54, 1.807) is 18.3 Å². The highest BCUT2D eigenvalue weighted by Crippen LogP contribution is 2.22. The number of sulfonamides is 1. The highest BCUT2D eigenvalue weighted by atomic mass is 32.2. The number of nitrogens with zero attached hydrogens (tertiary/aromatic N) is 1. The van der Waals surface area contributed by atoms with Gasteiger partial charge in [0.05, 0.1) is 11.4 Å². The summed E-state index contributed by atoms with van der Waals surface area (Å²) in [5, 5.41) is 14.1. The number of rotatable bonds is 7. The van der Waals surface area contributed by atoms with Gasteiger partial charge in [0.15, 0.2) is 0 Å². The van der Waals surface area contributed by atoms with Crippen molar-refractivity contribution in [1.29, 1.82) is 0 Å². The molecular weight excluding hydrogens is 308 g/mol. The van der Waals surface area contributed by atoms with Crippen LogP contribution in [0.4, 0.5) is 0 Å². The molecule has 0 amide bonds. The molecule has 114 valence electrons. The van der Waals surface area contributed by atoms with Crippen molar-refractivity contribution >= 4 is 21.4 Å². The zero-order valence-electron chi connectivity index (χ0n) is 11.7. The van der Waals surface area contributed by atoms with Crippen molar-refractivity contribution in [2.45, 2.75) is 43.8 Å². The summed E-state index contributed by atoms with van der Waals surface area (Å²) in [6, 6.07) is 2.42. The molecule has 2 heterocycles. The average molecular weight is 326 g/mol. The van der Waals surface area contributed by atoms with Gasteiger partial charge in [-0.15, -0.1) is 0 Å². The molecule has 3 rings (SSSR count). The number of aryl methyl sites for hydroxylation is 1. The van der Waals surface area contributed by atoms with E-state index >= 15 is 0 Å². The van der Waals surface area contributed by atoms with Crippen LogP contribution in [0, 0.1) is 6.92 Å². The first-order valence-electron chi connectivity index (χ1n) is 6.84.